The van der Waals surface area contributed by atoms with Gasteiger partial charge in [-0.25, -0.2) is 0 Å². The second-order valence-corrected chi connectivity index (χ2v) is 13.5. The monoisotopic (exact) mass is 488 g/mol. The van der Waals surface area contributed by atoms with E-state index in [4.69, 9.17) is 9.47 Å². The molecular formula is C30H48O5. The molecule has 1 aliphatic rings. The Labute approximate surface area is 213 Å². The molecule has 198 valence electrons. The Kier molecular flexibility index (Phi) is 8.91. The van der Waals surface area contributed by atoms with Gasteiger partial charge in [0, 0.05) is 0 Å². The first kappa shape index (κ1) is 29.4. The third kappa shape index (κ3) is 6.67. The van der Waals surface area contributed by atoms with Crippen molar-refractivity contribution in [3.8, 4) is 0 Å². The molecule has 2 rings (SSSR count). The maximum atomic E-state index is 14.1. The summed E-state index contributed by atoms with van der Waals surface area (Å²) in [5.41, 5.74) is -1.38. The number of aliphatic hydroxyl groups excluding tert-OH is 1. The van der Waals surface area contributed by atoms with Crippen LogP contribution in [-0.2, 0) is 25.7 Å². The molecule has 0 aliphatic heterocycles. The van der Waals surface area contributed by atoms with Crippen molar-refractivity contribution in [2.24, 2.45) is 33.0 Å². The van der Waals surface area contributed by atoms with Crippen molar-refractivity contribution < 1.29 is 24.2 Å². The van der Waals surface area contributed by atoms with Crippen LogP contribution in [0.25, 0.3) is 0 Å². The van der Waals surface area contributed by atoms with Crippen molar-refractivity contribution in [1.82, 2.24) is 0 Å². The average molecular weight is 489 g/mol. The molecule has 0 amide bonds. The number of hydrogen-bond acceptors (Lipinski definition) is 5. The Morgan fingerprint density at radius 3 is 2.06 bits per heavy atom. The lowest BCUT2D eigenvalue weighted by molar-refractivity contribution is -0.176. The highest BCUT2D eigenvalue weighted by atomic mass is 16.5. The van der Waals surface area contributed by atoms with Gasteiger partial charge in [-0.3, -0.25) is 9.59 Å². The van der Waals surface area contributed by atoms with E-state index in [2.05, 4.69) is 62.3 Å². The van der Waals surface area contributed by atoms with E-state index in [-0.39, 0.29) is 48.5 Å². The molecule has 5 heteroatoms. The van der Waals surface area contributed by atoms with E-state index >= 15 is 0 Å². The number of carbonyl (C=O) groups is 2. The standard InChI is InChI=1S/C30H48O5/c1-22(2)17-29(19-26(3,4)5,24(32)35-18-23-13-11-10-12-14-23)27(6,7)20-30(21-28(30,8)9)25(33)34-16-15-31/h10-14,22,31H,15-21H2,1-9H3. The summed E-state index contributed by atoms with van der Waals surface area (Å²) in [5.74, 6) is -0.186. The summed E-state index contributed by atoms with van der Waals surface area (Å²) in [6, 6.07) is 9.77. The van der Waals surface area contributed by atoms with Crippen LogP contribution in [0.15, 0.2) is 30.3 Å². The zero-order valence-electron chi connectivity index (χ0n) is 23.5. The third-order valence-electron chi connectivity index (χ3n) is 7.86. The molecular weight excluding hydrogens is 440 g/mol. The second-order valence-electron chi connectivity index (χ2n) is 13.5. The quantitative estimate of drug-likeness (QED) is 0.337. The number of rotatable bonds is 12. The van der Waals surface area contributed by atoms with Crippen LogP contribution in [0.5, 0.6) is 0 Å². The Morgan fingerprint density at radius 2 is 1.60 bits per heavy atom. The summed E-state index contributed by atoms with van der Waals surface area (Å²) in [4.78, 5) is 27.4. The maximum absolute atomic E-state index is 14.1. The van der Waals surface area contributed by atoms with Crippen molar-refractivity contribution in [3.63, 3.8) is 0 Å². The van der Waals surface area contributed by atoms with Gasteiger partial charge in [0.05, 0.1) is 17.4 Å². The van der Waals surface area contributed by atoms with Gasteiger partial charge in [-0.15, -0.1) is 0 Å². The van der Waals surface area contributed by atoms with Gasteiger partial charge in [-0.05, 0) is 53.4 Å². The summed E-state index contributed by atoms with van der Waals surface area (Å²) < 4.78 is 11.5. The molecule has 2 atom stereocenters. The van der Waals surface area contributed by atoms with E-state index in [1.54, 1.807) is 0 Å². The zero-order valence-corrected chi connectivity index (χ0v) is 23.5. The highest BCUT2D eigenvalue weighted by Crippen LogP contribution is 2.71. The number of aliphatic hydroxyl groups is 1. The number of ether oxygens (including phenoxy) is 2. The van der Waals surface area contributed by atoms with Crippen molar-refractivity contribution in [2.45, 2.75) is 94.6 Å². The number of hydrogen-bond donors (Lipinski definition) is 1. The highest BCUT2D eigenvalue weighted by molar-refractivity contribution is 5.83. The Hall–Kier alpha value is -1.88. The van der Waals surface area contributed by atoms with E-state index in [0.29, 0.717) is 25.7 Å². The summed E-state index contributed by atoms with van der Waals surface area (Å²) in [7, 11) is 0. The first-order chi connectivity index (χ1) is 16.0. The zero-order chi connectivity index (χ0) is 26.7. The van der Waals surface area contributed by atoms with Crippen molar-refractivity contribution in [3.05, 3.63) is 35.9 Å². The molecule has 0 radical (unpaired) electrons. The van der Waals surface area contributed by atoms with Crippen LogP contribution in [0, 0.1) is 33.0 Å². The molecule has 0 bridgehead atoms. The minimum atomic E-state index is -0.781. The normalized spacial score (nSPS) is 21.3. The third-order valence-corrected chi connectivity index (χ3v) is 7.86. The van der Waals surface area contributed by atoms with Crippen LogP contribution in [0.2, 0.25) is 0 Å². The van der Waals surface area contributed by atoms with Gasteiger partial charge in [0.25, 0.3) is 0 Å². The first-order valence-corrected chi connectivity index (χ1v) is 13.0. The van der Waals surface area contributed by atoms with Gasteiger partial charge in [-0.2, -0.15) is 0 Å². The van der Waals surface area contributed by atoms with Crippen LogP contribution < -0.4 is 0 Å². The minimum Gasteiger partial charge on any atom is -0.463 e. The molecule has 1 aliphatic carbocycles. The molecule has 1 aromatic rings. The molecule has 2 unspecified atom stereocenters. The SMILES string of the molecule is CC(C)CC(CC(C)(C)C)(C(=O)OCc1ccccc1)C(C)(C)CC1(C(=O)OCCO)CC1(C)C. The average Bonchev–Trinajstić information content (AvgIpc) is 3.29. The number of carbonyl (C=O) groups excluding carboxylic acids is 2. The summed E-state index contributed by atoms with van der Waals surface area (Å²) in [5, 5.41) is 9.21. The summed E-state index contributed by atoms with van der Waals surface area (Å²) >= 11 is 0. The van der Waals surface area contributed by atoms with Crippen LogP contribution in [0.3, 0.4) is 0 Å². The van der Waals surface area contributed by atoms with E-state index in [9.17, 15) is 14.7 Å². The summed E-state index contributed by atoms with van der Waals surface area (Å²) in [6.45, 7) is 19.2. The fourth-order valence-corrected chi connectivity index (χ4v) is 6.12. The highest BCUT2D eigenvalue weighted by Gasteiger charge is 2.70. The Balaban J connectivity index is 2.49. The van der Waals surface area contributed by atoms with Crippen molar-refractivity contribution in [2.75, 3.05) is 13.2 Å². The molecule has 1 saturated carbocycles. The van der Waals surface area contributed by atoms with Crippen LogP contribution in [-0.4, -0.2) is 30.3 Å². The minimum absolute atomic E-state index is 0.00463. The molecule has 0 spiro atoms. The molecule has 5 nitrogen and oxygen atoms in total. The maximum Gasteiger partial charge on any atom is 0.312 e. The lowest BCUT2D eigenvalue weighted by Crippen LogP contribution is -2.50. The second kappa shape index (κ2) is 10.6. The van der Waals surface area contributed by atoms with E-state index in [1.807, 2.05) is 30.3 Å². The van der Waals surface area contributed by atoms with Crippen LogP contribution >= 0.6 is 0 Å². The van der Waals surface area contributed by atoms with Crippen molar-refractivity contribution in [1.29, 1.82) is 0 Å². The van der Waals surface area contributed by atoms with Gasteiger partial charge in [0.2, 0.25) is 0 Å². The van der Waals surface area contributed by atoms with E-state index < -0.39 is 16.2 Å². The lowest BCUT2D eigenvalue weighted by atomic mass is 9.53. The Morgan fingerprint density at radius 1 is 1.03 bits per heavy atom. The van der Waals surface area contributed by atoms with Crippen LogP contribution in [0.4, 0.5) is 0 Å². The van der Waals surface area contributed by atoms with Gasteiger partial charge in [0.1, 0.15) is 13.2 Å². The number of esters is 2. The topological polar surface area (TPSA) is 72.8 Å². The Bertz CT molecular complexity index is 864. The molecule has 1 N–H and O–H groups in total. The molecule has 1 aromatic carbocycles. The predicted octanol–water partition coefficient (Wildman–Crippen LogP) is 6.57. The fraction of sp³-hybridized carbons (Fsp3) is 0.733. The fourth-order valence-electron chi connectivity index (χ4n) is 6.12. The van der Waals surface area contributed by atoms with E-state index in [1.165, 1.54) is 0 Å². The molecule has 0 saturated heterocycles. The van der Waals surface area contributed by atoms with Gasteiger partial charge >= 0.3 is 11.9 Å². The lowest BCUT2D eigenvalue weighted by Gasteiger charge is -2.50. The van der Waals surface area contributed by atoms with Crippen molar-refractivity contribution >= 4 is 11.9 Å². The largest absolute Gasteiger partial charge is 0.463 e. The molecule has 0 aromatic heterocycles. The van der Waals surface area contributed by atoms with Gasteiger partial charge < -0.3 is 14.6 Å². The van der Waals surface area contributed by atoms with Crippen LogP contribution in [0.1, 0.15) is 93.6 Å². The van der Waals surface area contributed by atoms with Gasteiger partial charge in [-0.1, -0.05) is 92.6 Å². The molecule has 35 heavy (non-hydrogen) atoms. The summed E-state index contributed by atoms with van der Waals surface area (Å²) in [6.07, 6.45) is 2.56. The number of benzene rings is 1. The first-order valence-electron chi connectivity index (χ1n) is 13.0. The molecule has 1 fully saturated rings. The smallest absolute Gasteiger partial charge is 0.312 e. The van der Waals surface area contributed by atoms with Gasteiger partial charge in [0.15, 0.2) is 0 Å². The predicted molar refractivity (Wildman–Crippen MR) is 139 cm³/mol. The molecule has 0 heterocycles. The van der Waals surface area contributed by atoms with E-state index in [0.717, 1.165) is 5.56 Å².